The standard InChI is InChI=1S/C14H12F2N2O5S2/c15-9-3-8(4-10(16)5-9)11-6-23-2-1-18(11)25(21,22)14-12(13(19)20)17-7-24-14/h3-5,7,11H,1-2,6H2,(H,19,20). The topological polar surface area (TPSA) is 96.8 Å². The van der Waals surface area contributed by atoms with Crippen LogP contribution in [0.5, 0.6) is 0 Å². The van der Waals surface area contributed by atoms with E-state index in [9.17, 15) is 22.0 Å². The lowest BCUT2D eigenvalue weighted by Gasteiger charge is -2.34. The number of thiazole rings is 1. The minimum Gasteiger partial charge on any atom is -0.476 e. The summed E-state index contributed by atoms with van der Waals surface area (Å²) >= 11 is 0.671. The van der Waals surface area contributed by atoms with Gasteiger partial charge in [-0.05, 0) is 17.7 Å². The molecule has 1 aliphatic heterocycles. The average Bonchev–Trinajstić information content (AvgIpc) is 3.04. The van der Waals surface area contributed by atoms with Crippen molar-refractivity contribution in [3.8, 4) is 0 Å². The number of carbonyl (C=O) groups is 1. The molecule has 1 aliphatic rings. The normalized spacial score (nSPS) is 19.0. The molecule has 0 bridgehead atoms. The first-order valence-electron chi connectivity index (χ1n) is 7.03. The maximum Gasteiger partial charge on any atom is 0.356 e. The molecule has 2 heterocycles. The molecule has 134 valence electrons. The number of sulfonamides is 1. The number of ether oxygens (including phenoxy) is 1. The number of halogens is 2. The molecule has 0 spiro atoms. The van der Waals surface area contributed by atoms with Gasteiger partial charge in [-0.3, -0.25) is 0 Å². The van der Waals surface area contributed by atoms with Crippen LogP contribution in [-0.4, -0.2) is 48.5 Å². The van der Waals surface area contributed by atoms with Gasteiger partial charge in [0, 0.05) is 12.6 Å². The summed E-state index contributed by atoms with van der Waals surface area (Å²) in [6, 6.07) is 1.75. The maximum absolute atomic E-state index is 13.5. The van der Waals surface area contributed by atoms with Crippen molar-refractivity contribution in [3.05, 3.63) is 46.6 Å². The predicted molar refractivity (Wildman–Crippen MR) is 82.9 cm³/mol. The van der Waals surface area contributed by atoms with E-state index in [1.54, 1.807) is 0 Å². The number of hydrogen-bond acceptors (Lipinski definition) is 6. The third kappa shape index (κ3) is 3.40. The van der Waals surface area contributed by atoms with Crippen molar-refractivity contribution in [1.82, 2.24) is 9.29 Å². The fourth-order valence-corrected chi connectivity index (χ4v) is 5.41. The summed E-state index contributed by atoms with van der Waals surface area (Å²) in [6.07, 6.45) is 0. The van der Waals surface area contributed by atoms with Crippen molar-refractivity contribution in [2.24, 2.45) is 0 Å². The summed E-state index contributed by atoms with van der Waals surface area (Å²) in [5.74, 6) is -3.16. The van der Waals surface area contributed by atoms with Gasteiger partial charge in [0.25, 0.3) is 10.0 Å². The smallest absolute Gasteiger partial charge is 0.356 e. The highest BCUT2D eigenvalue weighted by Gasteiger charge is 2.38. The number of benzene rings is 1. The van der Waals surface area contributed by atoms with E-state index in [1.807, 2.05) is 0 Å². The second-order valence-electron chi connectivity index (χ2n) is 5.20. The van der Waals surface area contributed by atoms with E-state index in [0.29, 0.717) is 17.4 Å². The van der Waals surface area contributed by atoms with Gasteiger partial charge in [0.2, 0.25) is 0 Å². The summed E-state index contributed by atoms with van der Waals surface area (Å²) in [7, 11) is -4.23. The van der Waals surface area contributed by atoms with Gasteiger partial charge in [0.15, 0.2) is 9.90 Å². The van der Waals surface area contributed by atoms with Crippen LogP contribution < -0.4 is 0 Å². The maximum atomic E-state index is 13.5. The molecule has 0 aliphatic carbocycles. The van der Waals surface area contributed by atoms with Crippen LogP contribution in [0.3, 0.4) is 0 Å². The largest absolute Gasteiger partial charge is 0.476 e. The lowest BCUT2D eigenvalue weighted by molar-refractivity contribution is 0.0319. The van der Waals surface area contributed by atoms with Gasteiger partial charge in [0.05, 0.1) is 24.8 Å². The molecular weight excluding hydrogens is 378 g/mol. The highest BCUT2D eigenvalue weighted by molar-refractivity contribution is 7.91. The van der Waals surface area contributed by atoms with Gasteiger partial charge in [-0.15, -0.1) is 11.3 Å². The van der Waals surface area contributed by atoms with E-state index in [4.69, 9.17) is 9.84 Å². The van der Waals surface area contributed by atoms with Gasteiger partial charge in [-0.25, -0.2) is 27.0 Å². The zero-order valence-corrected chi connectivity index (χ0v) is 14.2. The second-order valence-corrected chi connectivity index (χ2v) is 8.14. The van der Waals surface area contributed by atoms with Crippen molar-refractivity contribution in [2.45, 2.75) is 10.3 Å². The first kappa shape index (κ1) is 17.9. The van der Waals surface area contributed by atoms with Gasteiger partial charge >= 0.3 is 5.97 Å². The molecule has 7 nitrogen and oxygen atoms in total. The molecule has 3 rings (SSSR count). The van der Waals surface area contributed by atoms with Crippen LogP contribution >= 0.6 is 11.3 Å². The third-order valence-electron chi connectivity index (χ3n) is 3.63. The predicted octanol–water partition coefficient (Wildman–Crippen LogP) is 1.88. The Morgan fingerprint density at radius 1 is 1.32 bits per heavy atom. The van der Waals surface area contributed by atoms with Gasteiger partial charge in [-0.1, -0.05) is 0 Å². The van der Waals surface area contributed by atoms with Crippen molar-refractivity contribution in [1.29, 1.82) is 0 Å². The van der Waals surface area contributed by atoms with E-state index in [1.165, 1.54) is 0 Å². The Morgan fingerprint density at radius 2 is 2.00 bits per heavy atom. The van der Waals surface area contributed by atoms with Crippen LogP contribution in [-0.2, 0) is 14.8 Å². The fraction of sp³-hybridized carbons (Fsp3) is 0.286. The number of carboxylic acid groups (broad SMARTS) is 1. The second kappa shape index (κ2) is 6.75. The van der Waals surface area contributed by atoms with Crippen LogP contribution in [0.2, 0.25) is 0 Å². The van der Waals surface area contributed by atoms with E-state index in [-0.39, 0.29) is 25.3 Å². The SMILES string of the molecule is O=C(O)c1ncsc1S(=O)(=O)N1CCOCC1c1cc(F)cc(F)c1. The first-order valence-corrected chi connectivity index (χ1v) is 9.35. The number of aromatic carboxylic acids is 1. The molecule has 1 saturated heterocycles. The summed E-state index contributed by atoms with van der Waals surface area (Å²) < 4.78 is 58.7. The Morgan fingerprint density at radius 3 is 2.64 bits per heavy atom. The van der Waals surface area contributed by atoms with E-state index >= 15 is 0 Å². The Bertz CT molecular complexity index is 895. The van der Waals surface area contributed by atoms with Crippen LogP contribution in [0.1, 0.15) is 22.1 Å². The molecule has 0 amide bonds. The highest BCUT2D eigenvalue weighted by Crippen LogP contribution is 2.33. The molecule has 0 radical (unpaired) electrons. The minimum atomic E-state index is -4.23. The van der Waals surface area contributed by atoms with E-state index in [2.05, 4.69) is 4.98 Å². The summed E-state index contributed by atoms with van der Waals surface area (Å²) in [5.41, 5.74) is 0.621. The molecule has 1 unspecified atom stereocenters. The number of aromatic nitrogens is 1. The number of nitrogens with zero attached hydrogens (tertiary/aromatic N) is 2. The van der Waals surface area contributed by atoms with Gasteiger partial charge in [-0.2, -0.15) is 4.31 Å². The molecule has 25 heavy (non-hydrogen) atoms. The van der Waals surface area contributed by atoms with E-state index < -0.39 is 43.6 Å². The van der Waals surface area contributed by atoms with E-state index in [0.717, 1.165) is 21.9 Å². The zero-order chi connectivity index (χ0) is 18.2. The monoisotopic (exact) mass is 390 g/mol. The molecule has 2 aromatic rings. The Balaban J connectivity index is 2.06. The molecule has 1 aromatic carbocycles. The molecular formula is C14H12F2N2O5S2. The van der Waals surface area contributed by atoms with Crippen molar-refractivity contribution >= 4 is 27.3 Å². The number of morpholine rings is 1. The average molecular weight is 390 g/mol. The number of rotatable bonds is 4. The molecule has 1 fully saturated rings. The lowest BCUT2D eigenvalue weighted by Crippen LogP contribution is -2.43. The van der Waals surface area contributed by atoms with Crippen LogP contribution in [0.25, 0.3) is 0 Å². The Labute approximate surface area is 145 Å². The Kier molecular flexibility index (Phi) is 4.82. The van der Waals surface area contributed by atoms with Crippen LogP contribution in [0, 0.1) is 11.6 Å². The van der Waals surface area contributed by atoms with Gasteiger partial charge in [0.1, 0.15) is 11.6 Å². The van der Waals surface area contributed by atoms with Crippen molar-refractivity contribution in [2.75, 3.05) is 19.8 Å². The fourth-order valence-electron chi connectivity index (χ4n) is 2.57. The van der Waals surface area contributed by atoms with Gasteiger partial charge < -0.3 is 9.84 Å². The Hall–Kier alpha value is -1.95. The molecule has 0 saturated carbocycles. The number of hydrogen-bond donors (Lipinski definition) is 1. The highest BCUT2D eigenvalue weighted by atomic mass is 32.2. The minimum absolute atomic E-state index is 0.0781. The third-order valence-corrected chi connectivity index (χ3v) is 6.88. The van der Waals surface area contributed by atoms with Crippen molar-refractivity contribution in [3.63, 3.8) is 0 Å². The first-order chi connectivity index (χ1) is 11.8. The van der Waals surface area contributed by atoms with Crippen LogP contribution in [0.15, 0.2) is 27.9 Å². The van der Waals surface area contributed by atoms with Crippen molar-refractivity contribution < 1.29 is 31.8 Å². The summed E-state index contributed by atoms with van der Waals surface area (Å²) in [5, 5.41) is 9.11. The van der Waals surface area contributed by atoms with Crippen LogP contribution in [0.4, 0.5) is 8.78 Å². The summed E-state index contributed by atoms with van der Waals surface area (Å²) in [6.45, 7) is -0.111. The molecule has 1 aromatic heterocycles. The molecule has 1 atom stereocenters. The quantitative estimate of drug-likeness (QED) is 0.856. The lowest BCUT2D eigenvalue weighted by atomic mass is 10.1. The molecule has 11 heteroatoms. The zero-order valence-electron chi connectivity index (χ0n) is 12.6. The molecule has 1 N–H and O–H groups in total. The summed E-state index contributed by atoms with van der Waals surface area (Å²) in [4.78, 5) is 14.8. The number of carboxylic acids is 1.